The van der Waals surface area contributed by atoms with Crippen molar-refractivity contribution in [2.75, 3.05) is 6.61 Å². The van der Waals surface area contributed by atoms with Crippen LogP contribution in [0.5, 0.6) is 0 Å². The quantitative estimate of drug-likeness (QED) is 0.548. The van der Waals surface area contributed by atoms with Gasteiger partial charge in [0, 0.05) is 6.42 Å². The smallest absolute Gasteiger partial charge is 0.126 e. The van der Waals surface area contributed by atoms with Gasteiger partial charge in [-0.25, -0.2) is 0 Å². The third kappa shape index (κ3) is 1.39. The van der Waals surface area contributed by atoms with E-state index in [-0.39, 0.29) is 12.2 Å². The highest BCUT2D eigenvalue weighted by molar-refractivity contribution is 5.24. The van der Waals surface area contributed by atoms with E-state index in [0.717, 1.165) is 18.8 Å². The van der Waals surface area contributed by atoms with Crippen molar-refractivity contribution in [1.82, 2.24) is 0 Å². The van der Waals surface area contributed by atoms with E-state index in [1.807, 2.05) is 13.0 Å². The van der Waals surface area contributed by atoms with Gasteiger partial charge in [0.2, 0.25) is 0 Å². The number of fused-ring (bicyclic) bond motifs is 1. The van der Waals surface area contributed by atoms with Gasteiger partial charge in [-0.2, -0.15) is 0 Å². The Kier molecular flexibility index (Phi) is 1.93. The molecular formula is C10H14O2. The number of rotatable bonds is 0. The topological polar surface area (TPSA) is 18.5 Å². The highest BCUT2D eigenvalue weighted by Crippen LogP contribution is 2.27. The second kappa shape index (κ2) is 2.94. The standard InChI is InChI=1S/C10H14O2/c1-7-3-4-9-10(5-7)11-6-8(2)12-9/h3-4,8,10H,5-6H2,1-2H3. The second-order valence-corrected chi connectivity index (χ2v) is 3.54. The predicted molar refractivity (Wildman–Crippen MR) is 46.7 cm³/mol. The maximum atomic E-state index is 5.63. The Morgan fingerprint density at radius 1 is 1.42 bits per heavy atom. The molecule has 0 bridgehead atoms. The minimum absolute atomic E-state index is 0.186. The molecule has 1 heterocycles. The molecule has 1 aliphatic carbocycles. The monoisotopic (exact) mass is 166 g/mol. The van der Waals surface area contributed by atoms with Gasteiger partial charge in [-0.15, -0.1) is 0 Å². The summed E-state index contributed by atoms with van der Waals surface area (Å²) in [5.74, 6) is 0.999. The van der Waals surface area contributed by atoms with E-state index in [0.29, 0.717) is 0 Å². The Morgan fingerprint density at radius 2 is 2.25 bits per heavy atom. The first kappa shape index (κ1) is 7.87. The number of ether oxygens (including phenoxy) is 2. The first-order chi connectivity index (χ1) is 5.75. The van der Waals surface area contributed by atoms with Crippen molar-refractivity contribution in [3.8, 4) is 0 Å². The van der Waals surface area contributed by atoms with Gasteiger partial charge < -0.3 is 9.47 Å². The number of allylic oxidation sites excluding steroid dienone is 2. The van der Waals surface area contributed by atoms with Crippen LogP contribution in [0.25, 0.3) is 0 Å². The van der Waals surface area contributed by atoms with Crippen molar-refractivity contribution in [2.24, 2.45) is 0 Å². The van der Waals surface area contributed by atoms with Gasteiger partial charge in [0.25, 0.3) is 0 Å². The lowest BCUT2D eigenvalue weighted by Crippen LogP contribution is -2.33. The molecule has 1 aliphatic heterocycles. The van der Waals surface area contributed by atoms with Crippen LogP contribution in [-0.2, 0) is 9.47 Å². The van der Waals surface area contributed by atoms with E-state index >= 15 is 0 Å². The van der Waals surface area contributed by atoms with Gasteiger partial charge in [-0.05, 0) is 19.9 Å². The summed E-state index contributed by atoms with van der Waals surface area (Å²) in [6.45, 7) is 4.87. The molecule has 1 saturated heterocycles. The van der Waals surface area contributed by atoms with Gasteiger partial charge in [0.1, 0.15) is 18.0 Å². The molecule has 12 heavy (non-hydrogen) atoms. The number of hydrogen-bond donors (Lipinski definition) is 0. The lowest BCUT2D eigenvalue weighted by atomic mass is 10.0. The molecule has 0 aromatic rings. The first-order valence-corrected chi connectivity index (χ1v) is 4.41. The summed E-state index contributed by atoms with van der Waals surface area (Å²) in [5.41, 5.74) is 1.36. The van der Waals surface area contributed by atoms with Crippen molar-refractivity contribution in [3.63, 3.8) is 0 Å². The molecule has 0 aromatic heterocycles. The van der Waals surface area contributed by atoms with E-state index in [9.17, 15) is 0 Å². The van der Waals surface area contributed by atoms with Crippen molar-refractivity contribution in [1.29, 1.82) is 0 Å². The zero-order valence-electron chi connectivity index (χ0n) is 7.54. The van der Waals surface area contributed by atoms with Gasteiger partial charge >= 0.3 is 0 Å². The van der Waals surface area contributed by atoms with Crippen molar-refractivity contribution in [2.45, 2.75) is 32.5 Å². The molecule has 0 N–H and O–H groups in total. The van der Waals surface area contributed by atoms with Crippen LogP contribution in [0, 0.1) is 0 Å². The van der Waals surface area contributed by atoms with E-state index in [4.69, 9.17) is 9.47 Å². The van der Waals surface area contributed by atoms with Crippen molar-refractivity contribution < 1.29 is 9.47 Å². The van der Waals surface area contributed by atoms with Crippen LogP contribution in [-0.4, -0.2) is 18.8 Å². The fourth-order valence-corrected chi connectivity index (χ4v) is 1.57. The third-order valence-corrected chi connectivity index (χ3v) is 2.23. The fourth-order valence-electron chi connectivity index (χ4n) is 1.57. The van der Waals surface area contributed by atoms with Crippen LogP contribution < -0.4 is 0 Å². The number of hydrogen-bond acceptors (Lipinski definition) is 2. The minimum atomic E-state index is 0.186. The second-order valence-electron chi connectivity index (χ2n) is 3.54. The average Bonchev–Trinajstić information content (AvgIpc) is 2.05. The van der Waals surface area contributed by atoms with E-state index in [2.05, 4.69) is 13.0 Å². The Hall–Kier alpha value is -0.760. The Morgan fingerprint density at radius 3 is 3.08 bits per heavy atom. The molecule has 66 valence electrons. The summed E-state index contributed by atoms with van der Waals surface area (Å²) < 4.78 is 11.3. The highest BCUT2D eigenvalue weighted by Gasteiger charge is 2.26. The third-order valence-electron chi connectivity index (χ3n) is 2.23. The molecule has 2 rings (SSSR count). The molecule has 0 amide bonds. The largest absolute Gasteiger partial charge is 0.490 e. The van der Waals surface area contributed by atoms with Gasteiger partial charge in [-0.3, -0.25) is 0 Å². The molecule has 0 saturated carbocycles. The lowest BCUT2D eigenvalue weighted by Gasteiger charge is -2.32. The highest BCUT2D eigenvalue weighted by atomic mass is 16.6. The lowest BCUT2D eigenvalue weighted by molar-refractivity contribution is -0.0814. The maximum Gasteiger partial charge on any atom is 0.126 e. The zero-order valence-corrected chi connectivity index (χ0v) is 7.54. The van der Waals surface area contributed by atoms with Crippen LogP contribution >= 0.6 is 0 Å². The molecule has 1 fully saturated rings. The molecular weight excluding hydrogens is 152 g/mol. The summed E-state index contributed by atoms with van der Waals surface area (Å²) in [6, 6.07) is 0. The molecule has 2 heteroatoms. The normalized spacial score (nSPS) is 34.5. The molecule has 2 atom stereocenters. The SMILES string of the molecule is CC1=CC=C2OC(C)COC2C1. The van der Waals surface area contributed by atoms with Crippen molar-refractivity contribution >= 4 is 0 Å². The van der Waals surface area contributed by atoms with Gasteiger partial charge in [0.05, 0.1) is 6.61 Å². The fraction of sp³-hybridized carbons (Fsp3) is 0.600. The molecule has 2 unspecified atom stereocenters. The summed E-state index contributed by atoms with van der Waals surface area (Å²) in [5, 5.41) is 0. The Bertz CT molecular complexity index is 240. The van der Waals surface area contributed by atoms with Gasteiger partial charge in [0.15, 0.2) is 0 Å². The van der Waals surface area contributed by atoms with E-state index < -0.39 is 0 Å². The van der Waals surface area contributed by atoms with Crippen LogP contribution in [0.3, 0.4) is 0 Å². The van der Waals surface area contributed by atoms with Crippen LogP contribution in [0.2, 0.25) is 0 Å². The molecule has 2 aliphatic rings. The molecule has 0 radical (unpaired) electrons. The van der Waals surface area contributed by atoms with Crippen LogP contribution in [0.15, 0.2) is 23.5 Å². The minimum Gasteiger partial charge on any atom is -0.490 e. The maximum absolute atomic E-state index is 5.63. The summed E-state index contributed by atoms with van der Waals surface area (Å²) >= 11 is 0. The summed E-state index contributed by atoms with van der Waals surface area (Å²) in [6.07, 6.45) is 5.51. The summed E-state index contributed by atoms with van der Waals surface area (Å²) in [4.78, 5) is 0. The Labute approximate surface area is 72.9 Å². The van der Waals surface area contributed by atoms with Crippen molar-refractivity contribution in [3.05, 3.63) is 23.5 Å². The van der Waals surface area contributed by atoms with Crippen LogP contribution in [0.1, 0.15) is 20.3 Å². The average molecular weight is 166 g/mol. The first-order valence-electron chi connectivity index (χ1n) is 4.41. The van der Waals surface area contributed by atoms with Crippen LogP contribution in [0.4, 0.5) is 0 Å². The molecule has 2 nitrogen and oxygen atoms in total. The molecule has 0 aromatic carbocycles. The van der Waals surface area contributed by atoms with E-state index in [1.54, 1.807) is 0 Å². The predicted octanol–water partition coefficient (Wildman–Crippen LogP) is 2.02. The Balaban J connectivity index is 2.15. The zero-order chi connectivity index (χ0) is 8.55. The molecule has 0 spiro atoms. The van der Waals surface area contributed by atoms with E-state index in [1.165, 1.54) is 5.57 Å². The van der Waals surface area contributed by atoms with Gasteiger partial charge in [-0.1, -0.05) is 11.6 Å². The summed E-state index contributed by atoms with van der Waals surface area (Å²) in [7, 11) is 0.